The largest absolute Gasteiger partial charge is 0.0801 e. The molecule has 0 heterocycles. The summed E-state index contributed by atoms with van der Waals surface area (Å²) in [6, 6.07) is 20.5. The Kier molecular flexibility index (Phi) is 8.31. The summed E-state index contributed by atoms with van der Waals surface area (Å²) in [5.74, 6) is 1.86. The minimum absolute atomic E-state index is 0.456. The molecule has 0 saturated carbocycles. The normalized spacial score (nSPS) is 18.1. The van der Waals surface area contributed by atoms with Gasteiger partial charge in [0.15, 0.2) is 0 Å². The van der Waals surface area contributed by atoms with Gasteiger partial charge in [-0.1, -0.05) is 119 Å². The molecule has 3 unspecified atom stereocenters. The Bertz CT molecular complexity index is 881. The molecule has 0 bridgehead atoms. The van der Waals surface area contributed by atoms with Crippen LogP contribution in [0.1, 0.15) is 82.4 Å². The van der Waals surface area contributed by atoms with Crippen molar-refractivity contribution in [2.45, 2.75) is 65.7 Å². The van der Waals surface area contributed by atoms with Gasteiger partial charge in [0.2, 0.25) is 0 Å². The lowest BCUT2D eigenvalue weighted by molar-refractivity contribution is 0.484. The minimum Gasteiger partial charge on any atom is -0.0801 e. The Labute approximate surface area is 184 Å². The van der Waals surface area contributed by atoms with Crippen LogP contribution < -0.4 is 0 Å². The van der Waals surface area contributed by atoms with Crippen molar-refractivity contribution in [2.24, 2.45) is 11.8 Å². The average molecular weight is 399 g/mol. The second-order valence-corrected chi connectivity index (χ2v) is 9.05. The molecule has 3 atom stereocenters. The Morgan fingerprint density at radius 3 is 2.23 bits per heavy atom. The smallest absolute Gasteiger partial charge is 0.00920 e. The summed E-state index contributed by atoms with van der Waals surface area (Å²) in [5, 5.41) is 0. The zero-order valence-electron chi connectivity index (χ0n) is 19.3. The van der Waals surface area contributed by atoms with Gasteiger partial charge in [-0.15, -0.1) is 0 Å². The molecule has 3 rings (SSSR count). The van der Waals surface area contributed by atoms with Gasteiger partial charge in [-0.2, -0.15) is 0 Å². The average Bonchev–Trinajstić information content (AvgIpc) is 2.81. The molecule has 0 nitrogen and oxygen atoms in total. The van der Waals surface area contributed by atoms with E-state index in [4.69, 9.17) is 0 Å². The summed E-state index contributed by atoms with van der Waals surface area (Å²) in [7, 11) is 0. The summed E-state index contributed by atoms with van der Waals surface area (Å²) >= 11 is 0. The van der Waals surface area contributed by atoms with Crippen LogP contribution in [0.15, 0.2) is 84.5 Å². The van der Waals surface area contributed by atoms with Crippen LogP contribution in [0.2, 0.25) is 0 Å². The molecule has 0 radical (unpaired) electrons. The maximum absolute atomic E-state index is 2.48. The molecule has 158 valence electrons. The fourth-order valence-corrected chi connectivity index (χ4v) is 4.33. The summed E-state index contributed by atoms with van der Waals surface area (Å²) in [6.45, 7) is 9.37. The van der Waals surface area contributed by atoms with Gasteiger partial charge >= 0.3 is 0 Å². The van der Waals surface area contributed by atoms with E-state index in [0.717, 1.165) is 12.8 Å². The Hall–Kier alpha value is -2.34. The fraction of sp³-hybridized carbons (Fsp3) is 0.400. The van der Waals surface area contributed by atoms with Crippen LogP contribution in [0.4, 0.5) is 0 Å². The Morgan fingerprint density at radius 2 is 1.57 bits per heavy atom. The first-order valence-corrected chi connectivity index (χ1v) is 11.8. The van der Waals surface area contributed by atoms with Crippen LogP contribution in [0.5, 0.6) is 0 Å². The topological polar surface area (TPSA) is 0 Å². The van der Waals surface area contributed by atoms with E-state index in [0.29, 0.717) is 17.8 Å². The minimum atomic E-state index is 0.456. The van der Waals surface area contributed by atoms with E-state index < -0.39 is 0 Å². The molecule has 1 aliphatic carbocycles. The van der Waals surface area contributed by atoms with Crippen molar-refractivity contribution in [3.05, 3.63) is 101 Å². The first-order valence-electron chi connectivity index (χ1n) is 11.8. The Balaban J connectivity index is 2.02. The van der Waals surface area contributed by atoms with Gasteiger partial charge in [0.1, 0.15) is 0 Å². The van der Waals surface area contributed by atoms with E-state index in [1.807, 2.05) is 0 Å². The zero-order chi connectivity index (χ0) is 21.3. The lowest BCUT2D eigenvalue weighted by Crippen LogP contribution is -2.07. The van der Waals surface area contributed by atoms with Crippen LogP contribution in [0, 0.1) is 11.8 Å². The highest BCUT2D eigenvalue weighted by Gasteiger charge is 2.19. The number of hydrogen-bond acceptors (Lipinski definition) is 0. The molecular weight excluding hydrogens is 360 g/mol. The summed E-state index contributed by atoms with van der Waals surface area (Å²) in [5.41, 5.74) is 7.31. The monoisotopic (exact) mass is 398 g/mol. The predicted molar refractivity (Wildman–Crippen MR) is 133 cm³/mol. The summed E-state index contributed by atoms with van der Waals surface area (Å²) in [6.07, 6.45) is 14.8. The molecule has 0 N–H and O–H groups in total. The van der Waals surface area contributed by atoms with Crippen molar-refractivity contribution in [2.75, 3.05) is 0 Å². The third-order valence-corrected chi connectivity index (χ3v) is 6.69. The van der Waals surface area contributed by atoms with Crippen LogP contribution in [-0.2, 0) is 0 Å². The standard InChI is InChI=1S/C30H38/c1-5-23(3)20-29(25-14-9-7-10-15-25)27-18-13-19-28(22-27)30(21-24(4)6-2)26-16-11-8-12-17-26/h7-16,18-19,22-24,29H,5-6,17,20-21H2,1-4H3/b30-26+. The van der Waals surface area contributed by atoms with Crippen molar-refractivity contribution >= 4 is 5.57 Å². The fourth-order valence-electron chi connectivity index (χ4n) is 4.33. The van der Waals surface area contributed by atoms with Crippen molar-refractivity contribution in [3.63, 3.8) is 0 Å². The number of benzene rings is 2. The van der Waals surface area contributed by atoms with Gasteiger partial charge in [-0.3, -0.25) is 0 Å². The van der Waals surface area contributed by atoms with E-state index in [-0.39, 0.29) is 0 Å². The van der Waals surface area contributed by atoms with Gasteiger partial charge in [0.25, 0.3) is 0 Å². The summed E-state index contributed by atoms with van der Waals surface area (Å²) < 4.78 is 0. The molecule has 0 fully saturated rings. The number of allylic oxidation sites excluding steroid dienone is 6. The predicted octanol–water partition coefficient (Wildman–Crippen LogP) is 8.96. The first-order chi connectivity index (χ1) is 14.6. The van der Waals surface area contributed by atoms with Crippen molar-refractivity contribution in [1.82, 2.24) is 0 Å². The molecule has 0 heteroatoms. The molecule has 0 aliphatic heterocycles. The molecular formula is C30H38. The molecule has 1 aliphatic rings. The van der Waals surface area contributed by atoms with Crippen LogP contribution in [0.3, 0.4) is 0 Å². The molecule has 30 heavy (non-hydrogen) atoms. The second kappa shape index (κ2) is 11.2. The number of hydrogen-bond donors (Lipinski definition) is 0. The molecule has 2 aromatic carbocycles. The first kappa shape index (κ1) is 22.3. The third-order valence-electron chi connectivity index (χ3n) is 6.69. The maximum Gasteiger partial charge on any atom is 0.00920 e. The van der Waals surface area contributed by atoms with E-state index in [2.05, 4.69) is 107 Å². The van der Waals surface area contributed by atoms with E-state index in [1.165, 1.54) is 47.1 Å². The molecule has 0 saturated heterocycles. The highest BCUT2D eigenvalue weighted by atomic mass is 14.2. The van der Waals surface area contributed by atoms with Crippen LogP contribution in [0.25, 0.3) is 5.57 Å². The van der Waals surface area contributed by atoms with E-state index >= 15 is 0 Å². The van der Waals surface area contributed by atoms with Gasteiger partial charge in [-0.05, 0) is 58.9 Å². The van der Waals surface area contributed by atoms with E-state index in [1.54, 1.807) is 0 Å². The van der Waals surface area contributed by atoms with Gasteiger partial charge < -0.3 is 0 Å². The second-order valence-electron chi connectivity index (χ2n) is 9.05. The number of rotatable bonds is 9. The molecule has 0 aromatic heterocycles. The molecule has 2 aromatic rings. The van der Waals surface area contributed by atoms with E-state index in [9.17, 15) is 0 Å². The third kappa shape index (κ3) is 5.85. The van der Waals surface area contributed by atoms with Crippen molar-refractivity contribution in [3.8, 4) is 0 Å². The quantitative estimate of drug-likeness (QED) is 0.395. The van der Waals surface area contributed by atoms with Crippen molar-refractivity contribution < 1.29 is 0 Å². The maximum atomic E-state index is 2.48. The lowest BCUT2D eigenvalue weighted by Gasteiger charge is -2.23. The lowest BCUT2D eigenvalue weighted by atomic mass is 9.81. The van der Waals surface area contributed by atoms with Gasteiger partial charge in [0.05, 0.1) is 0 Å². The molecule has 0 amide bonds. The highest BCUT2D eigenvalue weighted by molar-refractivity contribution is 5.72. The van der Waals surface area contributed by atoms with Crippen molar-refractivity contribution in [1.29, 1.82) is 0 Å². The van der Waals surface area contributed by atoms with Gasteiger partial charge in [-0.25, -0.2) is 0 Å². The Morgan fingerprint density at radius 1 is 0.833 bits per heavy atom. The van der Waals surface area contributed by atoms with Crippen LogP contribution in [-0.4, -0.2) is 0 Å². The molecule has 0 spiro atoms. The highest BCUT2D eigenvalue weighted by Crippen LogP contribution is 2.36. The zero-order valence-corrected chi connectivity index (χ0v) is 19.3. The SMILES string of the molecule is CCC(C)C/C(=C1/C=CC=CC1)c1cccc(C(CC(C)CC)c2ccccc2)c1. The summed E-state index contributed by atoms with van der Waals surface area (Å²) in [4.78, 5) is 0. The van der Waals surface area contributed by atoms with Gasteiger partial charge in [0, 0.05) is 5.92 Å². The van der Waals surface area contributed by atoms with Crippen LogP contribution >= 0.6 is 0 Å².